The summed E-state index contributed by atoms with van der Waals surface area (Å²) in [4.78, 5) is 11.6. The highest BCUT2D eigenvalue weighted by molar-refractivity contribution is 6.04. The molecule has 0 unspecified atom stereocenters. The number of methoxy groups -OCH3 is 1. The first-order chi connectivity index (χ1) is 9.39. The Balaban J connectivity index is 2.06. The van der Waals surface area contributed by atoms with Crippen molar-refractivity contribution < 1.29 is 14.3 Å². The van der Waals surface area contributed by atoms with E-state index in [1.807, 2.05) is 39.0 Å². The number of amides is 1. The Morgan fingerprint density at radius 2 is 2.05 bits per heavy atom. The van der Waals surface area contributed by atoms with Gasteiger partial charge in [-0.3, -0.25) is 0 Å². The van der Waals surface area contributed by atoms with E-state index in [0.717, 1.165) is 29.9 Å². The zero-order valence-corrected chi connectivity index (χ0v) is 12.3. The van der Waals surface area contributed by atoms with Crippen molar-refractivity contribution in [1.82, 2.24) is 5.43 Å². The SMILES string of the molecule is COc1ccc2c(c1)CC/C2=N\NC(=O)OC(C)(C)C. The number of ether oxygens (including phenoxy) is 2. The van der Waals surface area contributed by atoms with Crippen molar-refractivity contribution in [2.75, 3.05) is 7.11 Å². The predicted molar refractivity (Wildman–Crippen MR) is 77.2 cm³/mol. The summed E-state index contributed by atoms with van der Waals surface area (Å²) in [6, 6.07) is 5.87. The van der Waals surface area contributed by atoms with Gasteiger partial charge in [0.15, 0.2) is 0 Å². The summed E-state index contributed by atoms with van der Waals surface area (Å²) in [5.74, 6) is 0.838. The number of fused-ring (bicyclic) bond motifs is 1. The van der Waals surface area contributed by atoms with Crippen molar-refractivity contribution in [3.05, 3.63) is 29.3 Å². The van der Waals surface area contributed by atoms with Gasteiger partial charge in [0.05, 0.1) is 12.8 Å². The van der Waals surface area contributed by atoms with Gasteiger partial charge < -0.3 is 9.47 Å². The summed E-state index contributed by atoms with van der Waals surface area (Å²) in [5, 5.41) is 4.16. The summed E-state index contributed by atoms with van der Waals surface area (Å²) >= 11 is 0. The number of nitrogens with zero attached hydrogens (tertiary/aromatic N) is 1. The van der Waals surface area contributed by atoms with E-state index >= 15 is 0 Å². The summed E-state index contributed by atoms with van der Waals surface area (Å²) in [6.07, 6.45) is 1.17. The van der Waals surface area contributed by atoms with Gasteiger partial charge in [0.25, 0.3) is 0 Å². The van der Waals surface area contributed by atoms with E-state index < -0.39 is 11.7 Å². The number of carbonyl (C=O) groups excluding carboxylic acids is 1. The molecule has 0 saturated heterocycles. The van der Waals surface area contributed by atoms with Gasteiger partial charge in [0.1, 0.15) is 11.4 Å². The van der Waals surface area contributed by atoms with Gasteiger partial charge >= 0.3 is 6.09 Å². The smallest absolute Gasteiger partial charge is 0.428 e. The minimum Gasteiger partial charge on any atom is -0.497 e. The van der Waals surface area contributed by atoms with Crippen LogP contribution in [0.5, 0.6) is 5.75 Å². The molecule has 0 atom stereocenters. The maximum atomic E-state index is 11.6. The Labute approximate surface area is 119 Å². The molecule has 5 nitrogen and oxygen atoms in total. The first-order valence-electron chi connectivity index (χ1n) is 6.62. The summed E-state index contributed by atoms with van der Waals surface area (Å²) < 4.78 is 10.3. The fourth-order valence-corrected chi connectivity index (χ4v) is 2.10. The van der Waals surface area contributed by atoms with Crippen LogP contribution in [0.2, 0.25) is 0 Å². The predicted octanol–water partition coefficient (Wildman–Crippen LogP) is 2.87. The number of carbonyl (C=O) groups is 1. The van der Waals surface area contributed by atoms with E-state index in [1.165, 1.54) is 5.56 Å². The molecule has 0 aliphatic heterocycles. The number of hydrogen-bond acceptors (Lipinski definition) is 4. The lowest BCUT2D eigenvalue weighted by Crippen LogP contribution is -2.30. The minimum atomic E-state index is -0.535. The average Bonchev–Trinajstić information content (AvgIpc) is 2.76. The van der Waals surface area contributed by atoms with Crippen LogP contribution < -0.4 is 10.2 Å². The van der Waals surface area contributed by atoms with Crippen LogP contribution in [0.25, 0.3) is 0 Å². The molecule has 108 valence electrons. The van der Waals surface area contributed by atoms with Crippen molar-refractivity contribution in [2.45, 2.75) is 39.2 Å². The van der Waals surface area contributed by atoms with E-state index in [4.69, 9.17) is 9.47 Å². The number of benzene rings is 1. The molecule has 1 aromatic rings. The van der Waals surface area contributed by atoms with Gasteiger partial charge in [-0.25, -0.2) is 10.2 Å². The number of aryl methyl sites for hydroxylation is 1. The first-order valence-corrected chi connectivity index (χ1v) is 6.62. The Hall–Kier alpha value is -2.04. The molecule has 0 radical (unpaired) electrons. The molecule has 0 heterocycles. The molecule has 1 amide bonds. The molecule has 1 aromatic carbocycles. The molecule has 0 saturated carbocycles. The fourth-order valence-electron chi connectivity index (χ4n) is 2.10. The van der Waals surface area contributed by atoms with E-state index in [1.54, 1.807) is 7.11 Å². The second-order valence-corrected chi connectivity index (χ2v) is 5.70. The molecule has 0 spiro atoms. The maximum absolute atomic E-state index is 11.6. The summed E-state index contributed by atoms with van der Waals surface area (Å²) in [6.45, 7) is 5.45. The van der Waals surface area contributed by atoms with Crippen LogP contribution in [-0.4, -0.2) is 24.5 Å². The summed E-state index contributed by atoms with van der Waals surface area (Å²) in [7, 11) is 1.65. The van der Waals surface area contributed by atoms with Gasteiger partial charge in [-0.15, -0.1) is 0 Å². The van der Waals surface area contributed by atoms with Crippen LogP contribution in [0, 0.1) is 0 Å². The van der Waals surface area contributed by atoms with Gasteiger partial charge in [-0.05, 0) is 57.4 Å². The lowest BCUT2D eigenvalue weighted by atomic mass is 10.1. The number of hydrazone groups is 1. The third kappa shape index (κ3) is 3.50. The standard InChI is InChI=1S/C15H20N2O3/c1-15(2,3)20-14(18)17-16-13-8-5-10-9-11(19-4)6-7-12(10)13/h6-7,9H,5,8H2,1-4H3,(H,17,18)/b16-13+. The van der Waals surface area contributed by atoms with Gasteiger partial charge in [-0.2, -0.15) is 5.10 Å². The lowest BCUT2D eigenvalue weighted by molar-refractivity contribution is 0.0529. The molecule has 0 bridgehead atoms. The third-order valence-electron chi connectivity index (χ3n) is 2.94. The fraction of sp³-hybridized carbons (Fsp3) is 0.467. The van der Waals surface area contributed by atoms with Crippen molar-refractivity contribution >= 4 is 11.8 Å². The number of nitrogens with one attached hydrogen (secondary N) is 1. The Kier molecular flexibility index (Phi) is 3.97. The monoisotopic (exact) mass is 276 g/mol. The van der Waals surface area contributed by atoms with Crippen molar-refractivity contribution in [1.29, 1.82) is 0 Å². The zero-order chi connectivity index (χ0) is 14.8. The second-order valence-electron chi connectivity index (χ2n) is 5.70. The van der Waals surface area contributed by atoms with Crippen LogP contribution in [-0.2, 0) is 11.2 Å². The van der Waals surface area contributed by atoms with Crippen LogP contribution in [0.1, 0.15) is 38.3 Å². The molecular weight excluding hydrogens is 256 g/mol. The summed E-state index contributed by atoms with van der Waals surface area (Å²) in [5.41, 5.74) is 5.04. The number of hydrogen-bond donors (Lipinski definition) is 1. The second kappa shape index (κ2) is 5.53. The van der Waals surface area contributed by atoms with Crippen LogP contribution >= 0.6 is 0 Å². The molecule has 2 rings (SSSR count). The van der Waals surface area contributed by atoms with Gasteiger partial charge in [-0.1, -0.05) is 0 Å². The van der Waals surface area contributed by atoms with Crippen LogP contribution in [0.3, 0.4) is 0 Å². The maximum Gasteiger partial charge on any atom is 0.428 e. The van der Waals surface area contributed by atoms with E-state index in [9.17, 15) is 4.79 Å². The van der Waals surface area contributed by atoms with E-state index in [2.05, 4.69) is 10.5 Å². The Bertz CT molecular complexity index is 545. The highest BCUT2D eigenvalue weighted by Gasteiger charge is 2.20. The van der Waals surface area contributed by atoms with Gasteiger partial charge in [0.2, 0.25) is 0 Å². The molecule has 1 aliphatic carbocycles. The molecule has 0 aromatic heterocycles. The largest absolute Gasteiger partial charge is 0.497 e. The zero-order valence-electron chi connectivity index (χ0n) is 12.3. The Morgan fingerprint density at radius 3 is 2.70 bits per heavy atom. The molecule has 1 aliphatic rings. The normalized spacial score (nSPS) is 15.9. The highest BCUT2D eigenvalue weighted by Crippen LogP contribution is 2.26. The molecular formula is C15H20N2O3. The Morgan fingerprint density at radius 1 is 1.30 bits per heavy atom. The third-order valence-corrected chi connectivity index (χ3v) is 2.94. The van der Waals surface area contributed by atoms with Crippen LogP contribution in [0.4, 0.5) is 4.79 Å². The van der Waals surface area contributed by atoms with E-state index in [0.29, 0.717) is 0 Å². The quantitative estimate of drug-likeness (QED) is 0.845. The molecule has 5 heteroatoms. The molecule has 1 N–H and O–H groups in total. The van der Waals surface area contributed by atoms with Crippen LogP contribution in [0.15, 0.2) is 23.3 Å². The topological polar surface area (TPSA) is 59.9 Å². The lowest BCUT2D eigenvalue weighted by Gasteiger charge is -2.18. The van der Waals surface area contributed by atoms with Gasteiger partial charge in [0, 0.05) is 5.56 Å². The average molecular weight is 276 g/mol. The first kappa shape index (κ1) is 14.4. The number of rotatable bonds is 2. The van der Waals surface area contributed by atoms with E-state index in [-0.39, 0.29) is 0 Å². The molecule has 20 heavy (non-hydrogen) atoms. The van der Waals surface area contributed by atoms with Crippen molar-refractivity contribution in [2.24, 2.45) is 5.10 Å². The van der Waals surface area contributed by atoms with Crippen molar-refractivity contribution in [3.63, 3.8) is 0 Å². The highest BCUT2D eigenvalue weighted by atomic mass is 16.6. The van der Waals surface area contributed by atoms with Crippen molar-refractivity contribution in [3.8, 4) is 5.75 Å². The molecule has 0 fully saturated rings. The minimum absolute atomic E-state index is 0.523.